The Balaban J connectivity index is 1.61. The molecule has 92 valence electrons. The molecule has 3 N–H and O–H groups in total. The van der Waals surface area contributed by atoms with Crippen molar-refractivity contribution in [2.75, 3.05) is 32.8 Å². The molecule has 1 aliphatic heterocycles. The van der Waals surface area contributed by atoms with Crippen LogP contribution in [-0.2, 0) is 9.53 Å². The minimum absolute atomic E-state index is 0.0302. The zero-order chi connectivity index (χ0) is 11.6. The largest absolute Gasteiger partial charge is 0.396 e. The van der Waals surface area contributed by atoms with E-state index < -0.39 is 0 Å². The second-order valence-electron chi connectivity index (χ2n) is 5.28. The molecule has 0 spiro atoms. The number of hydrogen-bond acceptors (Lipinski definition) is 4. The Labute approximate surface area is 95.5 Å². The van der Waals surface area contributed by atoms with Crippen molar-refractivity contribution in [3.05, 3.63) is 0 Å². The molecule has 0 unspecified atom stereocenters. The van der Waals surface area contributed by atoms with Crippen LogP contribution in [0.3, 0.4) is 0 Å². The summed E-state index contributed by atoms with van der Waals surface area (Å²) in [7, 11) is 0. The van der Waals surface area contributed by atoms with Crippen LogP contribution >= 0.6 is 0 Å². The molecule has 1 amide bonds. The molecule has 1 saturated carbocycles. The molecule has 1 aliphatic carbocycles. The van der Waals surface area contributed by atoms with Gasteiger partial charge in [0.1, 0.15) is 6.61 Å². The molecule has 2 fully saturated rings. The smallest absolute Gasteiger partial charge is 0.246 e. The molecule has 0 aromatic rings. The maximum absolute atomic E-state index is 11.5. The van der Waals surface area contributed by atoms with Gasteiger partial charge in [0.25, 0.3) is 0 Å². The lowest BCUT2D eigenvalue weighted by atomic mass is 10.0. The van der Waals surface area contributed by atoms with Crippen molar-refractivity contribution >= 4 is 5.91 Å². The molecule has 5 nitrogen and oxygen atoms in total. The Bertz CT molecular complexity index is 262. The van der Waals surface area contributed by atoms with Gasteiger partial charge in [0.15, 0.2) is 0 Å². The van der Waals surface area contributed by atoms with Crippen molar-refractivity contribution in [2.45, 2.75) is 25.4 Å². The standard InChI is InChI=1S/C11H20N2O3/c1-10(5-12-6-10)16-4-9(15)13-7-11(8-14)2-3-11/h12,14H,2-8H2,1H3,(H,13,15). The predicted molar refractivity (Wildman–Crippen MR) is 59.0 cm³/mol. The van der Waals surface area contributed by atoms with E-state index in [9.17, 15) is 4.79 Å². The van der Waals surface area contributed by atoms with E-state index in [1.165, 1.54) is 0 Å². The topological polar surface area (TPSA) is 70.6 Å². The van der Waals surface area contributed by atoms with Gasteiger partial charge in [-0.1, -0.05) is 0 Å². The molecule has 1 saturated heterocycles. The van der Waals surface area contributed by atoms with Crippen LogP contribution in [-0.4, -0.2) is 49.5 Å². The average Bonchev–Trinajstić information content (AvgIpc) is 3.01. The molecule has 16 heavy (non-hydrogen) atoms. The van der Waals surface area contributed by atoms with Crippen molar-refractivity contribution in [3.63, 3.8) is 0 Å². The van der Waals surface area contributed by atoms with E-state index in [0.29, 0.717) is 6.54 Å². The highest BCUT2D eigenvalue weighted by molar-refractivity contribution is 5.77. The molecule has 0 atom stereocenters. The summed E-state index contributed by atoms with van der Waals surface area (Å²) in [4.78, 5) is 11.5. The molecule has 5 heteroatoms. The van der Waals surface area contributed by atoms with Crippen molar-refractivity contribution in [3.8, 4) is 0 Å². The molecule has 0 aromatic heterocycles. The highest BCUT2D eigenvalue weighted by Gasteiger charge is 2.42. The molecule has 2 rings (SSSR count). The second-order valence-corrected chi connectivity index (χ2v) is 5.28. The SMILES string of the molecule is CC1(OCC(=O)NCC2(CO)CC2)CNC1. The third-order valence-electron chi connectivity index (χ3n) is 3.50. The number of nitrogens with one attached hydrogen (secondary N) is 2. The van der Waals surface area contributed by atoms with E-state index in [2.05, 4.69) is 10.6 Å². The van der Waals surface area contributed by atoms with Crippen molar-refractivity contribution in [1.82, 2.24) is 10.6 Å². The fourth-order valence-corrected chi connectivity index (χ4v) is 1.72. The summed E-state index contributed by atoms with van der Waals surface area (Å²) in [6, 6.07) is 0. The summed E-state index contributed by atoms with van der Waals surface area (Å²) in [5.41, 5.74) is -0.205. The van der Waals surface area contributed by atoms with E-state index >= 15 is 0 Å². The fourth-order valence-electron chi connectivity index (χ4n) is 1.72. The number of hydrogen-bond donors (Lipinski definition) is 3. The van der Waals surface area contributed by atoms with Crippen LogP contribution in [0.25, 0.3) is 0 Å². The first kappa shape index (κ1) is 11.8. The van der Waals surface area contributed by atoms with Gasteiger partial charge in [-0.05, 0) is 19.8 Å². The van der Waals surface area contributed by atoms with Gasteiger partial charge in [-0.2, -0.15) is 0 Å². The van der Waals surface area contributed by atoms with Crippen LogP contribution in [0.4, 0.5) is 0 Å². The Morgan fingerprint density at radius 3 is 2.62 bits per heavy atom. The van der Waals surface area contributed by atoms with E-state index in [0.717, 1.165) is 25.9 Å². The highest BCUT2D eigenvalue weighted by atomic mass is 16.5. The molecule has 1 heterocycles. The normalized spacial score (nSPS) is 24.6. The zero-order valence-electron chi connectivity index (χ0n) is 9.71. The molecule has 0 aromatic carbocycles. The number of amides is 1. The van der Waals surface area contributed by atoms with Crippen molar-refractivity contribution in [1.29, 1.82) is 0 Å². The second kappa shape index (κ2) is 4.31. The lowest BCUT2D eigenvalue weighted by Gasteiger charge is -2.38. The molecule has 0 bridgehead atoms. The van der Waals surface area contributed by atoms with E-state index in [1.807, 2.05) is 6.92 Å². The third kappa shape index (κ3) is 2.72. The van der Waals surface area contributed by atoms with Gasteiger partial charge in [0.2, 0.25) is 5.91 Å². The van der Waals surface area contributed by atoms with Crippen LogP contribution in [0.1, 0.15) is 19.8 Å². The number of aliphatic hydroxyl groups is 1. The maximum Gasteiger partial charge on any atom is 0.246 e. The highest BCUT2D eigenvalue weighted by Crippen LogP contribution is 2.44. The Kier molecular flexibility index (Phi) is 3.19. The number of carbonyl (C=O) groups excluding carboxylic acids is 1. The summed E-state index contributed by atoms with van der Waals surface area (Å²) in [5.74, 6) is -0.0900. The van der Waals surface area contributed by atoms with Crippen LogP contribution in [0, 0.1) is 5.41 Å². The minimum Gasteiger partial charge on any atom is -0.396 e. The third-order valence-corrected chi connectivity index (χ3v) is 3.50. The average molecular weight is 228 g/mol. The quantitative estimate of drug-likeness (QED) is 0.559. The minimum atomic E-state index is -0.175. The molecular formula is C11H20N2O3. The van der Waals surface area contributed by atoms with Gasteiger partial charge < -0.3 is 20.5 Å². The van der Waals surface area contributed by atoms with Crippen LogP contribution in [0.5, 0.6) is 0 Å². The van der Waals surface area contributed by atoms with Crippen molar-refractivity contribution in [2.24, 2.45) is 5.41 Å². The van der Waals surface area contributed by atoms with E-state index in [-0.39, 0.29) is 30.1 Å². The molecule has 0 radical (unpaired) electrons. The monoisotopic (exact) mass is 228 g/mol. The summed E-state index contributed by atoms with van der Waals surface area (Å²) in [5, 5.41) is 15.0. The van der Waals surface area contributed by atoms with Crippen LogP contribution in [0.15, 0.2) is 0 Å². The van der Waals surface area contributed by atoms with Gasteiger partial charge in [-0.15, -0.1) is 0 Å². The Morgan fingerprint density at radius 1 is 1.50 bits per heavy atom. The van der Waals surface area contributed by atoms with Gasteiger partial charge in [-0.3, -0.25) is 4.79 Å². The van der Waals surface area contributed by atoms with Crippen molar-refractivity contribution < 1.29 is 14.6 Å². The van der Waals surface area contributed by atoms with Gasteiger partial charge in [0, 0.05) is 25.0 Å². The summed E-state index contributed by atoms with van der Waals surface area (Å²) < 4.78 is 5.51. The number of aliphatic hydroxyl groups excluding tert-OH is 1. The lowest BCUT2D eigenvalue weighted by molar-refractivity contribution is -0.136. The Morgan fingerprint density at radius 2 is 2.19 bits per heavy atom. The molecular weight excluding hydrogens is 208 g/mol. The summed E-state index contributed by atoms with van der Waals surface area (Å²) in [6.45, 7) is 4.45. The van der Waals surface area contributed by atoms with Gasteiger partial charge in [-0.25, -0.2) is 0 Å². The van der Waals surface area contributed by atoms with Gasteiger partial charge in [0.05, 0.1) is 12.2 Å². The first-order chi connectivity index (χ1) is 7.58. The van der Waals surface area contributed by atoms with E-state index in [1.54, 1.807) is 0 Å². The van der Waals surface area contributed by atoms with Crippen LogP contribution in [0.2, 0.25) is 0 Å². The molecule has 2 aliphatic rings. The van der Waals surface area contributed by atoms with Crippen LogP contribution < -0.4 is 10.6 Å². The fraction of sp³-hybridized carbons (Fsp3) is 0.909. The first-order valence-electron chi connectivity index (χ1n) is 5.80. The Hall–Kier alpha value is -0.650. The zero-order valence-corrected chi connectivity index (χ0v) is 9.71. The number of rotatable bonds is 6. The van der Waals surface area contributed by atoms with Gasteiger partial charge >= 0.3 is 0 Å². The number of ether oxygens (including phenoxy) is 1. The predicted octanol–water partition coefficient (Wildman–Crippen LogP) is -0.746. The van der Waals surface area contributed by atoms with E-state index in [4.69, 9.17) is 9.84 Å². The lowest BCUT2D eigenvalue weighted by Crippen LogP contribution is -2.59. The summed E-state index contributed by atoms with van der Waals surface area (Å²) in [6.07, 6.45) is 2.01. The maximum atomic E-state index is 11.5. The number of carbonyl (C=O) groups is 1. The summed E-state index contributed by atoms with van der Waals surface area (Å²) >= 11 is 0. The first-order valence-corrected chi connectivity index (χ1v) is 5.80.